The molecule has 21 heavy (non-hydrogen) atoms. The van der Waals surface area contributed by atoms with Gasteiger partial charge in [0.1, 0.15) is 18.1 Å². The first-order valence-electron chi connectivity index (χ1n) is 6.60. The van der Waals surface area contributed by atoms with Gasteiger partial charge in [0.25, 0.3) is 0 Å². The highest BCUT2D eigenvalue weighted by Gasteiger charge is 2.15. The van der Waals surface area contributed by atoms with E-state index in [9.17, 15) is 4.79 Å². The summed E-state index contributed by atoms with van der Waals surface area (Å²) in [7, 11) is 1.59. The Kier molecular flexibility index (Phi) is 4.47. The normalized spacial score (nSPS) is 10.7. The molecule has 1 heterocycles. The van der Waals surface area contributed by atoms with E-state index < -0.39 is 5.97 Å². The summed E-state index contributed by atoms with van der Waals surface area (Å²) in [6, 6.07) is 8.83. The molecule has 0 atom stereocenters. The van der Waals surface area contributed by atoms with E-state index >= 15 is 0 Å². The number of carboxylic acids is 1. The van der Waals surface area contributed by atoms with Gasteiger partial charge in [-0.3, -0.25) is 4.68 Å². The van der Waals surface area contributed by atoms with E-state index in [1.807, 2.05) is 32.0 Å². The molecular formula is C15H18N2O4. The number of nitrogens with zero attached hydrogens (tertiary/aromatic N) is 2. The Labute approximate surface area is 122 Å². The molecule has 0 radical (unpaired) electrons. The predicted molar refractivity (Wildman–Crippen MR) is 76.9 cm³/mol. The van der Waals surface area contributed by atoms with E-state index in [1.54, 1.807) is 17.9 Å². The molecule has 0 fully saturated rings. The molecule has 0 spiro atoms. The van der Waals surface area contributed by atoms with Crippen LogP contribution in [0.15, 0.2) is 30.3 Å². The monoisotopic (exact) mass is 290 g/mol. The van der Waals surface area contributed by atoms with Crippen LogP contribution < -0.4 is 9.47 Å². The van der Waals surface area contributed by atoms with Crippen LogP contribution in [-0.4, -0.2) is 28.0 Å². The molecule has 0 saturated carbocycles. The molecule has 112 valence electrons. The van der Waals surface area contributed by atoms with Crippen molar-refractivity contribution in [2.24, 2.45) is 0 Å². The number of ether oxygens (including phenoxy) is 2. The Morgan fingerprint density at radius 2 is 2.05 bits per heavy atom. The number of hydrogen-bond donors (Lipinski definition) is 1. The Morgan fingerprint density at radius 1 is 1.33 bits per heavy atom. The van der Waals surface area contributed by atoms with Gasteiger partial charge in [-0.25, -0.2) is 4.79 Å². The fourth-order valence-corrected chi connectivity index (χ4v) is 1.94. The first-order valence-corrected chi connectivity index (χ1v) is 6.60. The second-order valence-electron chi connectivity index (χ2n) is 4.83. The van der Waals surface area contributed by atoms with Crippen LogP contribution in [0.1, 0.15) is 36.1 Å². The summed E-state index contributed by atoms with van der Waals surface area (Å²) in [4.78, 5) is 11.0. The molecule has 2 aromatic rings. The zero-order chi connectivity index (χ0) is 15.4. The minimum atomic E-state index is -1.04. The summed E-state index contributed by atoms with van der Waals surface area (Å²) in [6.45, 7) is 4.12. The molecule has 0 aliphatic heterocycles. The molecule has 1 N–H and O–H groups in total. The lowest BCUT2D eigenvalue weighted by Crippen LogP contribution is -2.10. The average Bonchev–Trinajstić information content (AvgIpc) is 2.90. The highest BCUT2D eigenvalue weighted by molar-refractivity contribution is 5.85. The van der Waals surface area contributed by atoms with Gasteiger partial charge in [0.2, 0.25) is 0 Å². The minimum absolute atomic E-state index is 0.0212. The third-order valence-corrected chi connectivity index (χ3v) is 2.95. The van der Waals surface area contributed by atoms with E-state index in [0.29, 0.717) is 17.2 Å². The first kappa shape index (κ1) is 14.9. The maximum atomic E-state index is 11.0. The van der Waals surface area contributed by atoms with Crippen molar-refractivity contribution >= 4 is 5.97 Å². The summed E-state index contributed by atoms with van der Waals surface area (Å²) in [5, 5.41) is 13.1. The third kappa shape index (κ3) is 3.53. The molecule has 0 unspecified atom stereocenters. The second kappa shape index (κ2) is 6.30. The van der Waals surface area contributed by atoms with Crippen molar-refractivity contribution in [2.75, 3.05) is 7.11 Å². The summed E-state index contributed by atoms with van der Waals surface area (Å²) in [6.07, 6.45) is 0. The van der Waals surface area contributed by atoms with Crippen molar-refractivity contribution in [3.05, 3.63) is 41.7 Å². The summed E-state index contributed by atoms with van der Waals surface area (Å²) in [5.41, 5.74) is 0.734. The van der Waals surface area contributed by atoms with Crippen LogP contribution in [0.2, 0.25) is 0 Å². The van der Waals surface area contributed by atoms with Crippen LogP contribution in [0.5, 0.6) is 11.5 Å². The van der Waals surface area contributed by atoms with E-state index in [0.717, 1.165) is 0 Å². The van der Waals surface area contributed by atoms with Gasteiger partial charge in [0, 0.05) is 12.1 Å². The largest absolute Gasteiger partial charge is 0.497 e. The lowest BCUT2D eigenvalue weighted by molar-refractivity contribution is 0.0689. The molecule has 0 saturated heterocycles. The summed E-state index contributed by atoms with van der Waals surface area (Å²) >= 11 is 0. The zero-order valence-electron chi connectivity index (χ0n) is 12.2. The van der Waals surface area contributed by atoms with Gasteiger partial charge in [-0.2, -0.15) is 5.10 Å². The van der Waals surface area contributed by atoms with Crippen molar-refractivity contribution in [1.29, 1.82) is 0 Å². The first-order chi connectivity index (χ1) is 10.0. The fraction of sp³-hybridized carbons (Fsp3) is 0.333. The number of methoxy groups -OCH3 is 1. The van der Waals surface area contributed by atoms with Crippen LogP contribution in [0, 0.1) is 0 Å². The maximum Gasteiger partial charge on any atom is 0.356 e. The van der Waals surface area contributed by atoms with Gasteiger partial charge in [-0.15, -0.1) is 0 Å². The van der Waals surface area contributed by atoms with Crippen molar-refractivity contribution in [2.45, 2.75) is 26.5 Å². The molecular weight excluding hydrogens is 272 g/mol. The topological polar surface area (TPSA) is 73.6 Å². The van der Waals surface area contributed by atoms with Crippen LogP contribution in [0.3, 0.4) is 0 Å². The van der Waals surface area contributed by atoms with E-state index in [-0.39, 0.29) is 18.3 Å². The van der Waals surface area contributed by atoms with Crippen LogP contribution in [0.25, 0.3) is 0 Å². The van der Waals surface area contributed by atoms with E-state index in [4.69, 9.17) is 14.6 Å². The quantitative estimate of drug-likeness (QED) is 0.885. The smallest absolute Gasteiger partial charge is 0.356 e. The number of hydrogen-bond acceptors (Lipinski definition) is 4. The summed E-state index contributed by atoms with van der Waals surface area (Å²) < 4.78 is 12.5. The third-order valence-electron chi connectivity index (χ3n) is 2.95. The maximum absolute atomic E-state index is 11.0. The average molecular weight is 290 g/mol. The van der Waals surface area contributed by atoms with Gasteiger partial charge in [-0.05, 0) is 32.0 Å². The van der Waals surface area contributed by atoms with Crippen LogP contribution in [-0.2, 0) is 6.61 Å². The predicted octanol–water partition coefficient (Wildman–Crippen LogP) is 2.75. The summed E-state index contributed by atoms with van der Waals surface area (Å²) in [5.74, 6) is 0.316. The van der Waals surface area contributed by atoms with Gasteiger partial charge in [0.15, 0.2) is 5.69 Å². The fourth-order valence-electron chi connectivity index (χ4n) is 1.94. The van der Waals surface area contributed by atoms with Crippen LogP contribution in [0.4, 0.5) is 0 Å². The van der Waals surface area contributed by atoms with E-state index in [2.05, 4.69) is 5.10 Å². The molecule has 1 aromatic carbocycles. The molecule has 2 rings (SSSR count). The molecule has 6 heteroatoms. The van der Waals surface area contributed by atoms with Gasteiger partial charge in [-0.1, -0.05) is 6.07 Å². The van der Waals surface area contributed by atoms with Crippen molar-refractivity contribution in [3.8, 4) is 11.5 Å². The Hall–Kier alpha value is -2.50. The SMILES string of the molecule is COc1cccc(OCc2cc(C(=O)O)nn2C(C)C)c1. The van der Waals surface area contributed by atoms with Gasteiger partial charge in [0.05, 0.1) is 12.8 Å². The highest BCUT2D eigenvalue weighted by Crippen LogP contribution is 2.21. The Balaban J connectivity index is 2.16. The minimum Gasteiger partial charge on any atom is -0.497 e. The Morgan fingerprint density at radius 3 is 2.67 bits per heavy atom. The number of benzene rings is 1. The molecule has 0 aliphatic carbocycles. The lowest BCUT2D eigenvalue weighted by atomic mass is 10.3. The zero-order valence-corrected chi connectivity index (χ0v) is 12.2. The number of carboxylic acid groups (broad SMARTS) is 1. The number of carbonyl (C=O) groups is 1. The van der Waals surface area contributed by atoms with Crippen molar-refractivity contribution in [1.82, 2.24) is 9.78 Å². The Bertz CT molecular complexity index is 634. The molecule has 0 bridgehead atoms. The van der Waals surface area contributed by atoms with Crippen molar-refractivity contribution < 1.29 is 19.4 Å². The number of aromatic carboxylic acids is 1. The lowest BCUT2D eigenvalue weighted by Gasteiger charge is -2.12. The second-order valence-corrected chi connectivity index (χ2v) is 4.83. The van der Waals surface area contributed by atoms with Crippen LogP contribution >= 0.6 is 0 Å². The van der Waals surface area contributed by atoms with Gasteiger partial charge >= 0.3 is 5.97 Å². The van der Waals surface area contributed by atoms with Gasteiger partial charge < -0.3 is 14.6 Å². The molecule has 6 nitrogen and oxygen atoms in total. The van der Waals surface area contributed by atoms with E-state index in [1.165, 1.54) is 6.07 Å². The number of rotatable bonds is 6. The molecule has 0 aliphatic rings. The molecule has 1 aromatic heterocycles. The highest BCUT2D eigenvalue weighted by atomic mass is 16.5. The standard InChI is InChI=1S/C15H18N2O4/c1-10(2)17-11(7-14(16-17)15(18)19)9-21-13-6-4-5-12(8-13)20-3/h4-8,10H,9H2,1-3H3,(H,18,19). The number of aromatic nitrogens is 2. The molecule has 0 amide bonds. The van der Waals surface area contributed by atoms with Crippen molar-refractivity contribution in [3.63, 3.8) is 0 Å².